The van der Waals surface area contributed by atoms with Crippen LogP contribution in [0.25, 0.3) is 55.7 Å². The largest absolute Gasteiger partial charge is 0.508 e. The smallest absolute Gasteiger partial charge is 0.135 e. The number of halogens is 1. The maximum atomic E-state index is 14.0. The minimum Gasteiger partial charge on any atom is -0.508 e. The summed E-state index contributed by atoms with van der Waals surface area (Å²) in [5, 5.41) is 18.4. The number of aromatic hydroxyl groups is 1. The van der Waals surface area contributed by atoms with Crippen molar-refractivity contribution in [2.75, 3.05) is 14.1 Å². The Hall–Kier alpha value is -4.56. The van der Waals surface area contributed by atoms with Crippen LogP contribution < -0.4 is 0 Å². The van der Waals surface area contributed by atoms with E-state index >= 15 is 0 Å². The molecule has 0 aliphatic rings. The number of hydrogen-bond donors (Lipinski definition) is 3. The van der Waals surface area contributed by atoms with E-state index in [0.717, 1.165) is 51.5 Å². The topological polar surface area (TPSA) is 93.7 Å². The van der Waals surface area contributed by atoms with Gasteiger partial charge in [-0.3, -0.25) is 10.1 Å². The molecule has 0 saturated heterocycles. The van der Waals surface area contributed by atoms with Gasteiger partial charge >= 0.3 is 0 Å². The molecule has 0 amide bonds. The fourth-order valence-electron chi connectivity index (χ4n) is 4.85. The number of rotatable bonds is 5. The normalized spacial score (nSPS) is 11.7. The number of pyridine rings is 2. The van der Waals surface area contributed by atoms with Gasteiger partial charge in [-0.1, -0.05) is 11.6 Å². The summed E-state index contributed by atoms with van der Waals surface area (Å²) in [6.45, 7) is 2.95. The third-order valence-corrected chi connectivity index (χ3v) is 6.33. The standard InChI is InChI=1S/C29H25FN6O/c1-16-6-17(15-36(2)3)8-19(7-16)24-4-5-25-28(33-24)29(35-34-25)26-12-22-23(13-31-14-27(22)32-26)18-9-20(30)11-21(37)10-18/h4-14,32,37H,15H2,1-3H3,(H,34,35). The van der Waals surface area contributed by atoms with E-state index in [9.17, 15) is 9.50 Å². The van der Waals surface area contributed by atoms with E-state index in [2.05, 4.69) is 64.3 Å². The first-order chi connectivity index (χ1) is 17.8. The Balaban J connectivity index is 1.46. The van der Waals surface area contributed by atoms with Crippen LogP contribution in [-0.4, -0.2) is 49.3 Å². The van der Waals surface area contributed by atoms with Crippen molar-refractivity contribution in [2.45, 2.75) is 13.5 Å². The first-order valence-corrected chi connectivity index (χ1v) is 11.9. The molecule has 8 heteroatoms. The van der Waals surface area contributed by atoms with Crippen LogP contribution in [0.5, 0.6) is 5.75 Å². The molecule has 6 aromatic rings. The molecule has 0 bridgehead atoms. The molecule has 0 aliphatic carbocycles. The van der Waals surface area contributed by atoms with Crippen molar-refractivity contribution in [3.63, 3.8) is 0 Å². The van der Waals surface area contributed by atoms with Crippen LogP contribution in [0.2, 0.25) is 0 Å². The summed E-state index contributed by atoms with van der Waals surface area (Å²) in [5.41, 5.74) is 9.38. The van der Waals surface area contributed by atoms with Gasteiger partial charge in [0.15, 0.2) is 0 Å². The molecule has 4 aromatic heterocycles. The number of aromatic nitrogens is 5. The number of aryl methyl sites for hydroxylation is 1. The zero-order valence-corrected chi connectivity index (χ0v) is 20.7. The first-order valence-electron chi connectivity index (χ1n) is 11.9. The summed E-state index contributed by atoms with van der Waals surface area (Å²) in [7, 11) is 4.12. The third kappa shape index (κ3) is 4.32. The van der Waals surface area contributed by atoms with Gasteiger partial charge in [-0.25, -0.2) is 9.37 Å². The fourth-order valence-corrected chi connectivity index (χ4v) is 4.85. The van der Waals surface area contributed by atoms with Crippen LogP contribution in [0.15, 0.2) is 67.0 Å². The SMILES string of the molecule is Cc1cc(CN(C)C)cc(-c2ccc3[nH]nc(-c4cc5c(-c6cc(O)cc(F)c6)cncc5[nH]4)c3n2)c1. The second-order valence-corrected chi connectivity index (χ2v) is 9.64. The highest BCUT2D eigenvalue weighted by Gasteiger charge is 2.16. The van der Waals surface area contributed by atoms with E-state index < -0.39 is 5.82 Å². The van der Waals surface area contributed by atoms with Gasteiger partial charge in [0.25, 0.3) is 0 Å². The van der Waals surface area contributed by atoms with Crippen LogP contribution in [0.1, 0.15) is 11.1 Å². The zero-order chi connectivity index (χ0) is 25.7. The monoisotopic (exact) mass is 492 g/mol. The third-order valence-electron chi connectivity index (χ3n) is 6.33. The summed E-state index contributed by atoms with van der Waals surface area (Å²) in [6, 6.07) is 16.5. The van der Waals surface area contributed by atoms with Crippen molar-refractivity contribution < 1.29 is 9.50 Å². The highest BCUT2D eigenvalue weighted by atomic mass is 19.1. The van der Waals surface area contributed by atoms with Gasteiger partial charge in [0.2, 0.25) is 0 Å². The van der Waals surface area contributed by atoms with Crippen molar-refractivity contribution >= 4 is 21.9 Å². The van der Waals surface area contributed by atoms with E-state index in [4.69, 9.17) is 4.98 Å². The van der Waals surface area contributed by atoms with Crippen LogP contribution in [0.4, 0.5) is 4.39 Å². The number of nitrogens with one attached hydrogen (secondary N) is 2. The molecule has 3 N–H and O–H groups in total. The molecule has 0 unspecified atom stereocenters. The Morgan fingerprint density at radius 2 is 1.81 bits per heavy atom. The number of hydrogen-bond acceptors (Lipinski definition) is 5. The van der Waals surface area contributed by atoms with Gasteiger partial charge in [0.05, 0.1) is 28.6 Å². The van der Waals surface area contributed by atoms with Gasteiger partial charge in [-0.2, -0.15) is 5.10 Å². The lowest BCUT2D eigenvalue weighted by Gasteiger charge is -2.12. The van der Waals surface area contributed by atoms with E-state index in [0.29, 0.717) is 16.8 Å². The summed E-state index contributed by atoms with van der Waals surface area (Å²) < 4.78 is 14.0. The van der Waals surface area contributed by atoms with Crippen LogP contribution in [0.3, 0.4) is 0 Å². The molecule has 0 saturated carbocycles. The average molecular weight is 493 g/mol. The van der Waals surface area contributed by atoms with Gasteiger partial charge < -0.3 is 15.0 Å². The number of phenolic OH excluding ortho intramolecular Hbond substituents is 1. The molecule has 2 aromatic carbocycles. The lowest BCUT2D eigenvalue weighted by molar-refractivity contribution is 0.402. The number of aromatic amines is 2. The van der Waals surface area contributed by atoms with Gasteiger partial charge in [-0.05, 0) is 74.6 Å². The molecule has 184 valence electrons. The average Bonchev–Trinajstić information content (AvgIpc) is 3.46. The predicted molar refractivity (Wildman–Crippen MR) is 144 cm³/mol. The number of nitrogens with zero attached hydrogens (tertiary/aromatic N) is 4. The highest BCUT2D eigenvalue weighted by Crippen LogP contribution is 2.35. The van der Waals surface area contributed by atoms with Gasteiger partial charge in [0, 0.05) is 35.3 Å². The number of phenols is 1. The Morgan fingerprint density at radius 1 is 0.946 bits per heavy atom. The van der Waals surface area contributed by atoms with Gasteiger partial charge in [0.1, 0.15) is 22.8 Å². The fraction of sp³-hybridized carbons (Fsp3) is 0.138. The first kappa shape index (κ1) is 22.9. The second kappa shape index (κ2) is 8.83. The summed E-state index contributed by atoms with van der Waals surface area (Å²) in [5.74, 6) is -0.648. The molecule has 0 atom stereocenters. The molecule has 0 radical (unpaired) electrons. The van der Waals surface area contributed by atoms with Crippen molar-refractivity contribution in [2.24, 2.45) is 0 Å². The van der Waals surface area contributed by atoms with Crippen molar-refractivity contribution in [1.82, 2.24) is 30.0 Å². The Labute approximate surface area is 212 Å². The zero-order valence-electron chi connectivity index (χ0n) is 20.7. The molecule has 7 nitrogen and oxygen atoms in total. The molecule has 4 heterocycles. The maximum Gasteiger partial charge on any atom is 0.135 e. The van der Waals surface area contributed by atoms with E-state index in [1.165, 1.54) is 23.3 Å². The minimum absolute atomic E-state index is 0.136. The quantitative estimate of drug-likeness (QED) is 0.272. The van der Waals surface area contributed by atoms with Crippen molar-refractivity contribution in [3.8, 4) is 39.5 Å². The maximum absolute atomic E-state index is 14.0. The summed E-state index contributed by atoms with van der Waals surface area (Å²) in [6.07, 6.45) is 3.38. The van der Waals surface area contributed by atoms with Crippen LogP contribution in [0, 0.1) is 12.7 Å². The Bertz CT molecular complexity index is 1760. The molecule has 0 spiro atoms. The van der Waals surface area contributed by atoms with E-state index in [1.54, 1.807) is 12.4 Å². The van der Waals surface area contributed by atoms with Crippen LogP contribution in [-0.2, 0) is 6.54 Å². The lowest BCUT2D eigenvalue weighted by atomic mass is 10.0. The molecular weight excluding hydrogens is 467 g/mol. The Morgan fingerprint density at radius 3 is 2.62 bits per heavy atom. The molecular formula is C29H25FN6O. The van der Waals surface area contributed by atoms with Crippen LogP contribution >= 0.6 is 0 Å². The predicted octanol–water partition coefficient (Wildman–Crippen LogP) is 6.05. The summed E-state index contributed by atoms with van der Waals surface area (Å²) >= 11 is 0. The van der Waals surface area contributed by atoms with E-state index in [1.807, 2.05) is 18.2 Å². The van der Waals surface area contributed by atoms with Gasteiger partial charge in [-0.15, -0.1) is 0 Å². The summed E-state index contributed by atoms with van der Waals surface area (Å²) in [4.78, 5) is 14.8. The van der Waals surface area contributed by atoms with E-state index in [-0.39, 0.29) is 5.75 Å². The number of H-pyrrole nitrogens is 2. The van der Waals surface area contributed by atoms with Crippen molar-refractivity contribution in [1.29, 1.82) is 0 Å². The molecule has 0 fully saturated rings. The molecule has 0 aliphatic heterocycles. The Kier molecular flexibility index (Phi) is 5.46. The van der Waals surface area contributed by atoms with Crippen molar-refractivity contribution in [3.05, 3.63) is 83.9 Å². The lowest BCUT2D eigenvalue weighted by Crippen LogP contribution is -2.10. The minimum atomic E-state index is -0.511. The number of benzene rings is 2. The molecule has 6 rings (SSSR count). The molecule has 37 heavy (non-hydrogen) atoms. The second-order valence-electron chi connectivity index (χ2n) is 9.64. The highest BCUT2D eigenvalue weighted by molar-refractivity contribution is 6.00. The number of fused-ring (bicyclic) bond motifs is 2.